The van der Waals surface area contributed by atoms with Gasteiger partial charge in [0.1, 0.15) is 0 Å². The molecule has 0 aliphatic carbocycles. The van der Waals surface area contributed by atoms with Crippen LogP contribution in [0.1, 0.15) is 46.0 Å². The number of amides is 1. The molecular weight excluding hydrogens is 176 g/mol. The fourth-order valence-electron chi connectivity index (χ4n) is 1.19. The molecule has 0 saturated carbocycles. The van der Waals surface area contributed by atoms with Crippen molar-refractivity contribution in [2.45, 2.75) is 46.0 Å². The highest BCUT2D eigenvalue weighted by Crippen LogP contribution is 2.02. The zero-order valence-corrected chi connectivity index (χ0v) is 9.51. The van der Waals surface area contributed by atoms with Gasteiger partial charge in [0.25, 0.3) is 0 Å². The van der Waals surface area contributed by atoms with Gasteiger partial charge in [0.15, 0.2) is 0 Å². The molecule has 14 heavy (non-hydrogen) atoms. The molecule has 0 aromatic carbocycles. The third-order valence-electron chi connectivity index (χ3n) is 2.07. The summed E-state index contributed by atoms with van der Waals surface area (Å²) < 4.78 is 0. The predicted octanol–water partition coefficient (Wildman–Crippen LogP) is 1.67. The molecule has 0 aliphatic heterocycles. The smallest absolute Gasteiger partial charge is 0.220 e. The number of hydrogen-bond donors (Lipinski definition) is 2. The first kappa shape index (κ1) is 13.4. The van der Waals surface area contributed by atoms with Crippen molar-refractivity contribution < 1.29 is 4.79 Å². The molecule has 0 bridgehead atoms. The van der Waals surface area contributed by atoms with Crippen molar-refractivity contribution in [3.8, 4) is 0 Å². The summed E-state index contributed by atoms with van der Waals surface area (Å²) >= 11 is 0. The minimum absolute atomic E-state index is 0.187. The van der Waals surface area contributed by atoms with E-state index in [9.17, 15) is 4.79 Å². The first-order valence-corrected chi connectivity index (χ1v) is 5.63. The van der Waals surface area contributed by atoms with Crippen LogP contribution in [0.3, 0.4) is 0 Å². The number of unbranched alkanes of at least 4 members (excludes halogenated alkanes) is 3. The monoisotopic (exact) mass is 200 g/mol. The third-order valence-corrected chi connectivity index (χ3v) is 2.07. The van der Waals surface area contributed by atoms with Gasteiger partial charge in [0.2, 0.25) is 5.91 Å². The fraction of sp³-hybridized carbons (Fsp3) is 0.909. The first-order valence-electron chi connectivity index (χ1n) is 5.63. The van der Waals surface area contributed by atoms with Gasteiger partial charge < -0.3 is 11.1 Å². The van der Waals surface area contributed by atoms with Gasteiger partial charge in [-0.15, -0.1) is 0 Å². The Morgan fingerprint density at radius 1 is 1.21 bits per heavy atom. The van der Waals surface area contributed by atoms with E-state index in [1.54, 1.807) is 0 Å². The van der Waals surface area contributed by atoms with E-state index >= 15 is 0 Å². The van der Waals surface area contributed by atoms with Crippen LogP contribution in [0.4, 0.5) is 0 Å². The zero-order chi connectivity index (χ0) is 10.8. The van der Waals surface area contributed by atoms with Gasteiger partial charge in [-0.2, -0.15) is 0 Å². The van der Waals surface area contributed by atoms with Crippen LogP contribution >= 0.6 is 0 Å². The molecule has 84 valence electrons. The molecule has 0 fully saturated rings. The summed E-state index contributed by atoms with van der Waals surface area (Å²) in [5, 5.41) is 2.91. The number of rotatable bonds is 8. The van der Waals surface area contributed by atoms with Crippen LogP contribution in [-0.2, 0) is 4.79 Å². The van der Waals surface area contributed by atoms with E-state index in [1.165, 1.54) is 0 Å². The van der Waals surface area contributed by atoms with Gasteiger partial charge in [-0.3, -0.25) is 4.79 Å². The summed E-state index contributed by atoms with van der Waals surface area (Å²) in [7, 11) is 0. The van der Waals surface area contributed by atoms with Crippen LogP contribution in [-0.4, -0.2) is 19.0 Å². The predicted molar refractivity (Wildman–Crippen MR) is 60.0 cm³/mol. The molecule has 3 heteroatoms. The van der Waals surface area contributed by atoms with Crippen molar-refractivity contribution in [1.82, 2.24) is 5.32 Å². The molecule has 0 radical (unpaired) electrons. The number of nitrogens with one attached hydrogen (secondary N) is 1. The lowest BCUT2D eigenvalue weighted by molar-refractivity contribution is -0.121. The van der Waals surface area contributed by atoms with Gasteiger partial charge in [0.05, 0.1) is 0 Å². The van der Waals surface area contributed by atoms with Crippen LogP contribution in [0.5, 0.6) is 0 Å². The molecule has 0 aromatic rings. The molecule has 0 spiro atoms. The van der Waals surface area contributed by atoms with Gasteiger partial charge in [-0.1, -0.05) is 26.7 Å². The summed E-state index contributed by atoms with van der Waals surface area (Å²) in [6, 6.07) is 0. The molecule has 0 aliphatic rings. The van der Waals surface area contributed by atoms with E-state index in [4.69, 9.17) is 5.73 Å². The van der Waals surface area contributed by atoms with E-state index in [-0.39, 0.29) is 5.91 Å². The van der Waals surface area contributed by atoms with Gasteiger partial charge >= 0.3 is 0 Å². The van der Waals surface area contributed by atoms with Crippen molar-refractivity contribution in [2.24, 2.45) is 11.7 Å². The second-order valence-corrected chi connectivity index (χ2v) is 4.15. The largest absolute Gasteiger partial charge is 0.356 e. The van der Waals surface area contributed by atoms with Crippen molar-refractivity contribution in [3.05, 3.63) is 0 Å². The molecule has 0 atom stereocenters. The topological polar surface area (TPSA) is 55.1 Å². The average molecular weight is 200 g/mol. The molecule has 1 amide bonds. The minimum Gasteiger partial charge on any atom is -0.356 e. The van der Waals surface area contributed by atoms with Crippen LogP contribution < -0.4 is 11.1 Å². The Morgan fingerprint density at radius 3 is 2.43 bits per heavy atom. The summed E-state index contributed by atoms with van der Waals surface area (Å²) in [5.74, 6) is 0.725. The van der Waals surface area contributed by atoms with E-state index in [0.29, 0.717) is 12.3 Å². The van der Waals surface area contributed by atoms with Crippen molar-refractivity contribution in [3.63, 3.8) is 0 Å². The van der Waals surface area contributed by atoms with Crippen molar-refractivity contribution in [2.75, 3.05) is 13.1 Å². The second kappa shape index (κ2) is 9.00. The molecule has 3 nitrogen and oxygen atoms in total. The van der Waals surface area contributed by atoms with Gasteiger partial charge in [-0.05, 0) is 25.3 Å². The number of carbonyl (C=O) groups is 1. The average Bonchev–Trinajstić information content (AvgIpc) is 2.14. The Labute approximate surface area is 87.4 Å². The van der Waals surface area contributed by atoms with Crippen LogP contribution in [0.2, 0.25) is 0 Å². The molecule has 0 rings (SSSR count). The minimum atomic E-state index is 0.187. The first-order chi connectivity index (χ1) is 6.66. The highest BCUT2D eigenvalue weighted by atomic mass is 16.1. The number of nitrogens with two attached hydrogens (primary N) is 1. The second-order valence-electron chi connectivity index (χ2n) is 4.15. The third kappa shape index (κ3) is 9.52. The number of carbonyl (C=O) groups excluding carboxylic acids is 1. The highest BCUT2D eigenvalue weighted by Gasteiger charge is 2.01. The molecule has 0 unspecified atom stereocenters. The number of hydrogen-bond acceptors (Lipinski definition) is 2. The van der Waals surface area contributed by atoms with E-state index in [2.05, 4.69) is 19.2 Å². The maximum Gasteiger partial charge on any atom is 0.220 e. The van der Waals surface area contributed by atoms with Crippen LogP contribution in [0.15, 0.2) is 0 Å². The van der Waals surface area contributed by atoms with Crippen LogP contribution in [0.25, 0.3) is 0 Å². The standard InChI is InChI=1S/C11H24N2O/c1-10(2)9-13-11(14)7-5-3-4-6-8-12/h10H,3-9,12H2,1-2H3,(H,13,14). The van der Waals surface area contributed by atoms with Crippen molar-refractivity contribution in [1.29, 1.82) is 0 Å². The molecule has 0 heterocycles. The maximum absolute atomic E-state index is 11.2. The van der Waals surface area contributed by atoms with Crippen LogP contribution in [0, 0.1) is 5.92 Å². The lowest BCUT2D eigenvalue weighted by Crippen LogP contribution is -2.26. The Bertz CT molecular complexity index is 146. The maximum atomic E-state index is 11.2. The van der Waals surface area contributed by atoms with Gasteiger partial charge in [-0.25, -0.2) is 0 Å². The lowest BCUT2D eigenvalue weighted by Gasteiger charge is -2.07. The Morgan fingerprint density at radius 2 is 1.86 bits per heavy atom. The van der Waals surface area contributed by atoms with E-state index in [0.717, 1.165) is 38.8 Å². The van der Waals surface area contributed by atoms with E-state index in [1.807, 2.05) is 0 Å². The Balaban J connectivity index is 3.18. The SMILES string of the molecule is CC(C)CNC(=O)CCCCCCN. The highest BCUT2D eigenvalue weighted by molar-refractivity contribution is 5.75. The summed E-state index contributed by atoms with van der Waals surface area (Å²) in [6.07, 6.45) is 5.00. The quantitative estimate of drug-likeness (QED) is 0.586. The normalized spacial score (nSPS) is 10.6. The Kier molecular flexibility index (Phi) is 8.64. The molecule has 0 aromatic heterocycles. The summed E-state index contributed by atoms with van der Waals surface area (Å²) in [4.78, 5) is 11.2. The Hall–Kier alpha value is -0.570. The van der Waals surface area contributed by atoms with Crippen molar-refractivity contribution >= 4 is 5.91 Å². The summed E-state index contributed by atoms with van der Waals surface area (Å²) in [6.45, 7) is 5.75. The zero-order valence-electron chi connectivity index (χ0n) is 9.51. The van der Waals surface area contributed by atoms with Gasteiger partial charge in [0, 0.05) is 13.0 Å². The van der Waals surface area contributed by atoms with E-state index < -0.39 is 0 Å². The fourth-order valence-corrected chi connectivity index (χ4v) is 1.19. The molecular formula is C11H24N2O. The lowest BCUT2D eigenvalue weighted by atomic mass is 10.1. The molecule has 0 saturated heterocycles. The molecule has 3 N–H and O–H groups in total. The summed E-state index contributed by atoms with van der Waals surface area (Å²) in [5.41, 5.74) is 5.37.